The van der Waals surface area contributed by atoms with Crippen molar-refractivity contribution in [3.8, 4) is 0 Å². The number of alkyl halides is 1. The van der Waals surface area contributed by atoms with Gasteiger partial charge in [-0.05, 0) is 18.3 Å². The van der Waals surface area contributed by atoms with E-state index >= 15 is 0 Å². The van der Waals surface area contributed by atoms with Gasteiger partial charge in [0.15, 0.2) is 0 Å². The average Bonchev–Trinajstić information content (AvgIpc) is 2.50. The van der Waals surface area contributed by atoms with Crippen molar-refractivity contribution in [1.82, 2.24) is 5.32 Å². The number of hydrogen-bond donors (Lipinski definition) is 1. The first-order valence-corrected chi connectivity index (χ1v) is 5.61. The molecule has 1 N–H and O–H groups in total. The number of carbonyl (C=O) groups is 1. The van der Waals surface area contributed by atoms with Crippen molar-refractivity contribution in [1.29, 1.82) is 0 Å². The smallest absolute Gasteiger partial charge is 0.216 e. The van der Waals surface area contributed by atoms with E-state index in [9.17, 15) is 4.79 Å². The highest BCUT2D eigenvalue weighted by atomic mass is 79.9. The molecule has 0 atom stereocenters. The van der Waals surface area contributed by atoms with Crippen LogP contribution < -0.4 is 5.32 Å². The monoisotopic (exact) mass is 233 g/mol. The van der Waals surface area contributed by atoms with Crippen LogP contribution in [0.25, 0.3) is 0 Å². The Balaban J connectivity index is 2.39. The molecule has 1 saturated carbocycles. The largest absolute Gasteiger partial charge is 0.356 e. The molecule has 12 heavy (non-hydrogen) atoms. The van der Waals surface area contributed by atoms with Gasteiger partial charge in [-0.25, -0.2) is 0 Å². The Morgan fingerprint density at radius 3 is 2.50 bits per heavy atom. The molecule has 0 aromatic rings. The van der Waals surface area contributed by atoms with Crippen LogP contribution in [0.1, 0.15) is 32.6 Å². The molecule has 1 aliphatic carbocycles. The lowest BCUT2D eigenvalue weighted by molar-refractivity contribution is -0.119. The molecule has 1 rings (SSSR count). The Morgan fingerprint density at radius 1 is 1.50 bits per heavy atom. The van der Waals surface area contributed by atoms with Gasteiger partial charge in [0, 0.05) is 18.8 Å². The van der Waals surface area contributed by atoms with E-state index < -0.39 is 0 Å². The quantitative estimate of drug-likeness (QED) is 0.744. The number of hydrogen-bond acceptors (Lipinski definition) is 1. The van der Waals surface area contributed by atoms with Crippen molar-refractivity contribution in [3.63, 3.8) is 0 Å². The Hall–Kier alpha value is -0.0500. The zero-order chi connectivity index (χ0) is 9.03. The number of halogens is 1. The molecular formula is C9H16BrNO. The van der Waals surface area contributed by atoms with Gasteiger partial charge in [-0.2, -0.15) is 0 Å². The highest BCUT2D eigenvalue weighted by Gasteiger charge is 2.32. The molecule has 70 valence electrons. The standard InChI is InChI=1S/C9H16BrNO/c1-8(12)11-7-9(6-10)4-2-3-5-9/h2-7H2,1H3,(H,11,12). The molecule has 0 saturated heterocycles. The van der Waals surface area contributed by atoms with Gasteiger partial charge in [0.05, 0.1) is 0 Å². The summed E-state index contributed by atoms with van der Waals surface area (Å²) >= 11 is 3.53. The van der Waals surface area contributed by atoms with Crippen molar-refractivity contribution < 1.29 is 4.79 Å². The molecule has 1 amide bonds. The van der Waals surface area contributed by atoms with Crippen LogP contribution in [0.4, 0.5) is 0 Å². The van der Waals surface area contributed by atoms with E-state index in [0.717, 1.165) is 11.9 Å². The minimum Gasteiger partial charge on any atom is -0.356 e. The molecule has 0 aromatic carbocycles. The second-order valence-electron chi connectivity index (χ2n) is 3.75. The number of amides is 1. The minimum atomic E-state index is 0.0854. The van der Waals surface area contributed by atoms with Gasteiger partial charge in [-0.1, -0.05) is 28.8 Å². The Kier molecular flexibility index (Phi) is 3.56. The molecule has 0 unspecified atom stereocenters. The first-order chi connectivity index (χ1) is 5.68. The predicted molar refractivity (Wildman–Crippen MR) is 53.4 cm³/mol. The third-order valence-electron chi connectivity index (χ3n) is 2.66. The van der Waals surface area contributed by atoms with E-state index in [1.165, 1.54) is 25.7 Å². The summed E-state index contributed by atoms with van der Waals surface area (Å²) in [6.07, 6.45) is 5.12. The van der Waals surface area contributed by atoms with Gasteiger partial charge in [0.25, 0.3) is 0 Å². The fourth-order valence-corrected chi connectivity index (χ4v) is 2.55. The van der Waals surface area contributed by atoms with Crippen molar-refractivity contribution in [2.45, 2.75) is 32.6 Å². The van der Waals surface area contributed by atoms with Crippen molar-refractivity contribution in [2.24, 2.45) is 5.41 Å². The summed E-state index contributed by atoms with van der Waals surface area (Å²) < 4.78 is 0. The zero-order valence-corrected chi connectivity index (χ0v) is 9.11. The molecule has 1 fully saturated rings. The Bertz CT molecular complexity index is 164. The van der Waals surface area contributed by atoms with E-state index in [-0.39, 0.29) is 5.91 Å². The summed E-state index contributed by atoms with van der Waals surface area (Å²) in [5, 5.41) is 3.92. The van der Waals surface area contributed by atoms with E-state index in [1.807, 2.05) is 0 Å². The average molecular weight is 234 g/mol. The lowest BCUT2D eigenvalue weighted by Gasteiger charge is -2.26. The zero-order valence-electron chi connectivity index (χ0n) is 7.53. The minimum absolute atomic E-state index is 0.0854. The molecule has 0 heterocycles. The Labute approximate surface area is 82.2 Å². The van der Waals surface area contributed by atoms with Crippen LogP contribution in [-0.4, -0.2) is 17.8 Å². The van der Waals surface area contributed by atoms with E-state index in [1.54, 1.807) is 6.92 Å². The maximum atomic E-state index is 10.7. The molecule has 0 bridgehead atoms. The van der Waals surface area contributed by atoms with Gasteiger partial charge < -0.3 is 5.32 Å². The van der Waals surface area contributed by atoms with Crippen LogP contribution in [0.3, 0.4) is 0 Å². The maximum Gasteiger partial charge on any atom is 0.216 e. The van der Waals surface area contributed by atoms with Crippen LogP contribution in [0.15, 0.2) is 0 Å². The van der Waals surface area contributed by atoms with Crippen molar-refractivity contribution >= 4 is 21.8 Å². The van der Waals surface area contributed by atoms with Crippen LogP contribution in [0, 0.1) is 5.41 Å². The lowest BCUT2D eigenvalue weighted by atomic mass is 9.89. The topological polar surface area (TPSA) is 29.1 Å². The van der Waals surface area contributed by atoms with Gasteiger partial charge >= 0.3 is 0 Å². The first-order valence-electron chi connectivity index (χ1n) is 4.49. The second-order valence-corrected chi connectivity index (χ2v) is 4.31. The first kappa shape index (κ1) is 10.0. The van der Waals surface area contributed by atoms with Crippen molar-refractivity contribution in [3.05, 3.63) is 0 Å². The van der Waals surface area contributed by atoms with Crippen LogP contribution in [0.2, 0.25) is 0 Å². The molecule has 0 spiro atoms. The normalized spacial score (nSPS) is 20.8. The molecule has 3 heteroatoms. The van der Waals surface area contributed by atoms with Gasteiger partial charge in [-0.15, -0.1) is 0 Å². The Morgan fingerprint density at radius 2 is 2.08 bits per heavy atom. The molecule has 2 nitrogen and oxygen atoms in total. The van der Waals surface area contributed by atoms with Crippen LogP contribution >= 0.6 is 15.9 Å². The summed E-state index contributed by atoms with van der Waals surface area (Å²) in [5.41, 5.74) is 0.353. The highest BCUT2D eigenvalue weighted by Crippen LogP contribution is 2.38. The van der Waals surface area contributed by atoms with Crippen LogP contribution in [-0.2, 0) is 4.79 Å². The van der Waals surface area contributed by atoms with E-state index in [2.05, 4.69) is 21.2 Å². The predicted octanol–water partition coefficient (Wildman–Crippen LogP) is 2.08. The summed E-state index contributed by atoms with van der Waals surface area (Å²) in [6, 6.07) is 0. The highest BCUT2D eigenvalue weighted by molar-refractivity contribution is 9.09. The lowest BCUT2D eigenvalue weighted by Crippen LogP contribution is -2.35. The molecular weight excluding hydrogens is 218 g/mol. The summed E-state index contributed by atoms with van der Waals surface area (Å²) in [7, 11) is 0. The number of rotatable bonds is 3. The molecule has 0 aromatic heterocycles. The van der Waals surface area contributed by atoms with Gasteiger partial charge in [-0.3, -0.25) is 4.79 Å². The molecule has 0 radical (unpaired) electrons. The van der Waals surface area contributed by atoms with Crippen LogP contribution in [0.5, 0.6) is 0 Å². The van der Waals surface area contributed by atoms with E-state index in [4.69, 9.17) is 0 Å². The fourth-order valence-electron chi connectivity index (χ4n) is 1.79. The molecule has 0 aliphatic heterocycles. The van der Waals surface area contributed by atoms with Gasteiger partial charge in [0.2, 0.25) is 5.91 Å². The number of carbonyl (C=O) groups excluding carboxylic acids is 1. The summed E-state index contributed by atoms with van der Waals surface area (Å²) in [6.45, 7) is 2.42. The summed E-state index contributed by atoms with van der Waals surface area (Å²) in [5.74, 6) is 0.0854. The van der Waals surface area contributed by atoms with E-state index in [0.29, 0.717) is 5.41 Å². The number of nitrogens with one attached hydrogen (secondary N) is 1. The molecule has 1 aliphatic rings. The fraction of sp³-hybridized carbons (Fsp3) is 0.889. The second kappa shape index (κ2) is 4.26. The summed E-state index contributed by atoms with van der Waals surface area (Å²) in [4.78, 5) is 10.7. The third-order valence-corrected chi connectivity index (χ3v) is 3.85. The van der Waals surface area contributed by atoms with Crippen molar-refractivity contribution in [2.75, 3.05) is 11.9 Å². The maximum absolute atomic E-state index is 10.7. The third kappa shape index (κ3) is 2.47. The van der Waals surface area contributed by atoms with Gasteiger partial charge in [0.1, 0.15) is 0 Å². The SMILES string of the molecule is CC(=O)NCC1(CBr)CCCC1.